The summed E-state index contributed by atoms with van der Waals surface area (Å²) in [5.41, 5.74) is -0.0798. The van der Waals surface area contributed by atoms with Crippen LogP contribution >= 0.6 is 0 Å². The fourth-order valence-corrected chi connectivity index (χ4v) is 1.64. The van der Waals surface area contributed by atoms with E-state index < -0.39 is 11.7 Å². The van der Waals surface area contributed by atoms with Crippen molar-refractivity contribution in [3.8, 4) is 0 Å². The SMILES string of the molecule is CCC(CC(C)=O)Nc1ccc(C(F)(F)F)cc1. The first-order chi connectivity index (χ1) is 8.32. The van der Waals surface area contributed by atoms with E-state index in [2.05, 4.69) is 5.32 Å². The van der Waals surface area contributed by atoms with Gasteiger partial charge in [0, 0.05) is 18.2 Å². The van der Waals surface area contributed by atoms with Crippen LogP contribution in [0.5, 0.6) is 0 Å². The van der Waals surface area contributed by atoms with Crippen LogP contribution in [-0.4, -0.2) is 11.8 Å². The van der Waals surface area contributed by atoms with Crippen LogP contribution in [0.25, 0.3) is 0 Å². The molecule has 0 saturated heterocycles. The van der Waals surface area contributed by atoms with E-state index in [0.29, 0.717) is 12.1 Å². The fourth-order valence-electron chi connectivity index (χ4n) is 1.64. The fraction of sp³-hybridized carbons (Fsp3) is 0.462. The van der Waals surface area contributed by atoms with Crippen LogP contribution in [0.4, 0.5) is 18.9 Å². The van der Waals surface area contributed by atoms with E-state index in [1.54, 1.807) is 0 Å². The van der Waals surface area contributed by atoms with Gasteiger partial charge in [0.25, 0.3) is 0 Å². The van der Waals surface area contributed by atoms with Crippen molar-refractivity contribution in [2.75, 3.05) is 5.32 Å². The minimum absolute atomic E-state index is 0.0424. The molecule has 0 aliphatic rings. The summed E-state index contributed by atoms with van der Waals surface area (Å²) in [7, 11) is 0. The van der Waals surface area contributed by atoms with E-state index >= 15 is 0 Å². The number of alkyl halides is 3. The van der Waals surface area contributed by atoms with Gasteiger partial charge in [-0.1, -0.05) is 6.92 Å². The molecule has 1 aromatic carbocycles. The maximum atomic E-state index is 12.4. The molecule has 5 heteroatoms. The van der Waals surface area contributed by atoms with Crippen molar-refractivity contribution in [1.82, 2.24) is 0 Å². The predicted molar refractivity (Wildman–Crippen MR) is 64.4 cm³/mol. The third-order valence-electron chi connectivity index (χ3n) is 2.61. The molecular weight excluding hydrogens is 243 g/mol. The summed E-state index contributed by atoms with van der Waals surface area (Å²) in [5.74, 6) is 0.0567. The molecule has 0 amide bonds. The van der Waals surface area contributed by atoms with Crippen molar-refractivity contribution in [1.29, 1.82) is 0 Å². The van der Waals surface area contributed by atoms with Gasteiger partial charge in [0.2, 0.25) is 0 Å². The zero-order valence-electron chi connectivity index (χ0n) is 10.3. The number of carbonyl (C=O) groups is 1. The molecular formula is C13H16F3NO. The number of anilines is 1. The van der Waals surface area contributed by atoms with Crippen molar-refractivity contribution in [3.05, 3.63) is 29.8 Å². The largest absolute Gasteiger partial charge is 0.416 e. The summed E-state index contributed by atoms with van der Waals surface area (Å²) in [4.78, 5) is 11.0. The lowest BCUT2D eigenvalue weighted by atomic mass is 10.1. The van der Waals surface area contributed by atoms with Crippen molar-refractivity contribution in [2.45, 2.75) is 38.9 Å². The maximum Gasteiger partial charge on any atom is 0.416 e. The smallest absolute Gasteiger partial charge is 0.382 e. The molecule has 1 atom stereocenters. The van der Waals surface area contributed by atoms with E-state index in [4.69, 9.17) is 0 Å². The Morgan fingerprint density at radius 3 is 2.22 bits per heavy atom. The second-order valence-corrected chi connectivity index (χ2v) is 4.23. The number of hydrogen-bond donors (Lipinski definition) is 1. The molecule has 0 heterocycles. The van der Waals surface area contributed by atoms with Crippen molar-refractivity contribution >= 4 is 11.5 Å². The summed E-state index contributed by atoms with van der Waals surface area (Å²) < 4.78 is 37.1. The van der Waals surface area contributed by atoms with E-state index in [1.165, 1.54) is 19.1 Å². The summed E-state index contributed by atoms with van der Waals surface area (Å²) >= 11 is 0. The number of nitrogens with one attached hydrogen (secondary N) is 1. The molecule has 18 heavy (non-hydrogen) atoms. The molecule has 0 aliphatic heterocycles. The second-order valence-electron chi connectivity index (χ2n) is 4.23. The highest BCUT2D eigenvalue weighted by molar-refractivity contribution is 5.76. The number of hydrogen-bond acceptors (Lipinski definition) is 2. The number of Topliss-reactive ketones (excluding diaryl/α,β-unsaturated/α-hetero) is 1. The van der Waals surface area contributed by atoms with Gasteiger partial charge in [0.1, 0.15) is 5.78 Å². The van der Waals surface area contributed by atoms with E-state index in [1.807, 2.05) is 6.92 Å². The Kier molecular flexibility index (Phi) is 4.76. The zero-order valence-corrected chi connectivity index (χ0v) is 10.3. The van der Waals surface area contributed by atoms with Crippen LogP contribution in [0.2, 0.25) is 0 Å². The molecule has 2 nitrogen and oxygen atoms in total. The van der Waals surface area contributed by atoms with Gasteiger partial charge in [-0.2, -0.15) is 13.2 Å². The molecule has 0 bridgehead atoms. The van der Waals surface area contributed by atoms with E-state index in [9.17, 15) is 18.0 Å². The molecule has 0 fully saturated rings. The Labute approximate surface area is 104 Å². The molecule has 0 spiro atoms. The number of benzene rings is 1. The quantitative estimate of drug-likeness (QED) is 0.869. The Balaban J connectivity index is 2.71. The molecule has 0 saturated carbocycles. The van der Waals surface area contributed by atoms with Gasteiger partial charge in [-0.15, -0.1) is 0 Å². The van der Waals surface area contributed by atoms with Crippen LogP contribution < -0.4 is 5.32 Å². The molecule has 0 radical (unpaired) electrons. The number of halogens is 3. The molecule has 0 aromatic heterocycles. The lowest BCUT2D eigenvalue weighted by Crippen LogP contribution is -2.21. The summed E-state index contributed by atoms with van der Waals surface area (Å²) in [6.45, 7) is 3.42. The van der Waals surface area contributed by atoms with E-state index in [-0.39, 0.29) is 11.8 Å². The third kappa shape index (κ3) is 4.39. The number of carbonyl (C=O) groups excluding carboxylic acids is 1. The standard InChI is InChI=1S/C13H16F3NO/c1-3-11(8-9(2)18)17-12-6-4-10(5-7-12)13(14,15)16/h4-7,11,17H,3,8H2,1-2H3. The molecule has 1 N–H and O–H groups in total. The van der Waals surface area contributed by atoms with Crippen molar-refractivity contribution in [3.63, 3.8) is 0 Å². The lowest BCUT2D eigenvalue weighted by Gasteiger charge is -2.17. The predicted octanol–water partition coefficient (Wildman–Crippen LogP) is 3.88. The van der Waals surface area contributed by atoms with Crippen molar-refractivity contribution in [2.24, 2.45) is 0 Å². The van der Waals surface area contributed by atoms with Crippen LogP contribution in [0.3, 0.4) is 0 Å². The van der Waals surface area contributed by atoms with Gasteiger partial charge in [0.05, 0.1) is 5.56 Å². The van der Waals surface area contributed by atoms with Crippen LogP contribution in [0.15, 0.2) is 24.3 Å². The van der Waals surface area contributed by atoms with Crippen LogP contribution in [0.1, 0.15) is 32.3 Å². The van der Waals surface area contributed by atoms with Gasteiger partial charge in [0.15, 0.2) is 0 Å². The highest BCUT2D eigenvalue weighted by Crippen LogP contribution is 2.30. The van der Waals surface area contributed by atoms with Gasteiger partial charge < -0.3 is 5.32 Å². The second kappa shape index (κ2) is 5.89. The average molecular weight is 259 g/mol. The van der Waals surface area contributed by atoms with Gasteiger partial charge in [-0.05, 0) is 37.6 Å². The number of ketones is 1. The van der Waals surface area contributed by atoms with E-state index in [0.717, 1.165) is 18.6 Å². The van der Waals surface area contributed by atoms with Gasteiger partial charge in [-0.3, -0.25) is 4.79 Å². The summed E-state index contributed by atoms with van der Waals surface area (Å²) in [6.07, 6.45) is -3.21. The Morgan fingerprint density at radius 2 is 1.83 bits per heavy atom. The monoisotopic (exact) mass is 259 g/mol. The van der Waals surface area contributed by atoms with Crippen LogP contribution in [0, 0.1) is 0 Å². The molecule has 1 rings (SSSR count). The molecule has 1 unspecified atom stereocenters. The molecule has 1 aromatic rings. The third-order valence-corrected chi connectivity index (χ3v) is 2.61. The van der Waals surface area contributed by atoms with Gasteiger partial charge in [-0.25, -0.2) is 0 Å². The highest BCUT2D eigenvalue weighted by Gasteiger charge is 2.29. The van der Waals surface area contributed by atoms with Gasteiger partial charge >= 0.3 is 6.18 Å². The maximum absolute atomic E-state index is 12.4. The molecule has 0 aliphatic carbocycles. The Hall–Kier alpha value is -1.52. The Bertz CT molecular complexity index is 398. The molecule has 100 valence electrons. The summed E-state index contributed by atoms with van der Waals surface area (Å²) in [5, 5.41) is 3.05. The topological polar surface area (TPSA) is 29.1 Å². The lowest BCUT2D eigenvalue weighted by molar-refractivity contribution is -0.137. The highest BCUT2D eigenvalue weighted by atomic mass is 19.4. The first kappa shape index (κ1) is 14.5. The summed E-state index contributed by atoms with van der Waals surface area (Å²) in [6, 6.07) is 4.78. The average Bonchev–Trinajstić information content (AvgIpc) is 2.27. The van der Waals surface area contributed by atoms with Crippen molar-refractivity contribution < 1.29 is 18.0 Å². The normalized spacial score (nSPS) is 13.2. The first-order valence-electron chi connectivity index (χ1n) is 5.76. The minimum atomic E-state index is -4.32. The first-order valence-corrected chi connectivity index (χ1v) is 5.76. The zero-order chi connectivity index (χ0) is 13.8. The minimum Gasteiger partial charge on any atom is -0.382 e. The van der Waals surface area contributed by atoms with Crippen LogP contribution in [-0.2, 0) is 11.0 Å². The number of rotatable bonds is 5. The Morgan fingerprint density at radius 1 is 1.28 bits per heavy atom.